The molecule has 0 aliphatic carbocycles. The van der Waals surface area contributed by atoms with Crippen molar-refractivity contribution in [1.29, 1.82) is 0 Å². The highest BCUT2D eigenvalue weighted by Gasteiger charge is 2.49. The predicted molar refractivity (Wildman–Crippen MR) is 60.8 cm³/mol. The molecule has 0 radical (unpaired) electrons. The summed E-state index contributed by atoms with van der Waals surface area (Å²) in [6.45, 7) is 8.44. The number of rotatable bonds is 8. The molecule has 0 aromatic carbocycles. The first-order chi connectivity index (χ1) is 7.52. The molecule has 0 aromatic rings. The van der Waals surface area contributed by atoms with Crippen molar-refractivity contribution in [2.75, 3.05) is 19.8 Å². The summed E-state index contributed by atoms with van der Waals surface area (Å²) in [5, 5.41) is 0. The van der Waals surface area contributed by atoms with Crippen LogP contribution in [0.25, 0.3) is 0 Å². The van der Waals surface area contributed by atoms with Crippen LogP contribution in [0.4, 0.5) is 4.79 Å². The zero-order valence-electron chi connectivity index (χ0n) is 10.3. The van der Waals surface area contributed by atoms with Crippen LogP contribution in [0.1, 0.15) is 27.7 Å². The predicted octanol–water partition coefficient (Wildman–Crippen LogP) is 1.06. The van der Waals surface area contributed by atoms with Crippen LogP contribution in [0.15, 0.2) is 0 Å². The maximum Gasteiger partial charge on any atom is 0.543 e. The number of carbonyl (C=O) groups excluding carboxylic acids is 1. The monoisotopic (exact) mass is 251 g/mol. The molecule has 0 aromatic heterocycles. The Labute approximate surface area is 97.4 Å². The first-order valence-corrected chi connectivity index (χ1v) is 7.20. The van der Waals surface area contributed by atoms with Gasteiger partial charge in [-0.1, -0.05) is 0 Å². The van der Waals surface area contributed by atoms with E-state index >= 15 is 0 Å². The third-order valence-electron chi connectivity index (χ3n) is 1.83. The number of nitrogens with two attached hydrogens (primary N) is 1. The Morgan fingerprint density at radius 1 is 1.12 bits per heavy atom. The summed E-state index contributed by atoms with van der Waals surface area (Å²) in [6.07, 6.45) is -0.858. The van der Waals surface area contributed by atoms with E-state index in [0.717, 1.165) is 0 Å². The standard InChI is InChI=1S/C9H21NO5Si/c1-5-12-16(13-6-2,14-7-3)8(4)15-9(10)11/h8H,5-7H2,1-4H3,(H2,10,11). The molecule has 0 spiro atoms. The van der Waals surface area contributed by atoms with Crippen LogP contribution < -0.4 is 5.73 Å². The van der Waals surface area contributed by atoms with E-state index in [1.807, 2.05) is 20.8 Å². The van der Waals surface area contributed by atoms with Crippen molar-refractivity contribution in [3.63, 3.8) is 0 Å². The van der Waals surface area contributed by atoms with Crippen molar-refractivity contribution in [3.05, 3.63) is 0 Å². The average Bonchev–Trinajstić information content (AvgIpc) is 2.17. The normalized spacial score (nSPS) is 13.5. The Kier molecular flexibility index (Phi) is 7.31. The summed E-state index contributed by atoms with van der Waals surface area (Å²) < 4.78 is 21.5. The Balaban J connectivity index is 4.74. The molecule has 0 aliphatic rings. The van der Waals surface area contributed by atoms with Crippen molar-refractivity contribution in [2.24, 2.45) is 5.73 Å². The molecule has 96 valence electrons. The van der Waals surface area contributed by atoms with Gasteiger partial charge in [0.15, 0.2) is 5.73 Å². The van der Waals surface area contributed by atoms with Crippen LogP contribution in [-0.4, -0.2) is 40.4 Å². The second kappa shape index (κ2) is 7.61. The number of hydrogen-bond donors (Lipinski definition) is 1. The maximum absolute atomic E-state index is 10.7. The Morgan fingerprint density at radius 3 is 1.75 bits per heavy atom. The Hall–Kier alpha value is -0.633. The number of hydrogen-bond acceptors (Lipinski definition) is 5. The van der Waals surface area contributed by atoms with Crippen molar-refractivity contribution in [2.45, 2.75) is 33.4 Å². The largest absolute Gasteiger partial charge is 0.543 e. The van der Waals surface area contributed by atoms with Gasteiger partial charge in [-0.25, -0.2) is 4.79 Å². The second-order valence-electron chi connectivity index (χ2n) is 2.98. The Morgan fingerprint density at radius 2 is 1.50 bits per heavy atom. The molecule has 0 rings (SSSR count). The summed E-state index contributed by atoms with van der Waals surface area (Å²) >= 11 is 0. The molecule has 1 amide bonds. The van der Waals surface area contributed by atoms with E-state index in [1.165, 1.54) is 0 Å². The molecular formula is C9H21NO5Si. The number of ether oxygens (including phenoxy) is 1. The molecule has 0 heterocycles. The van der Waals surface area contributed by atoms with Gasteiger partial charge in [-0.15, -0.1) is 0 Å². The molecule has 6 nitrogen and oxygen atoms in total. The van der Waals surface area contributed by atoms with Gasteiger partial charge < -0.3 is 23.7 Å². The van der Waals surface area contributed by atoms with Crippen LogP contribution in [0.3, 0.4) is 0 Å². The van der Waals surface area contributed by atoms with Gasteiger partial charge in [0, 0.05) is 19.8 Å². The highest BCUT2D eigenvalue weighted by Crippen LogP contribution is 2.17. The fourth-order valence-electron chi connectivity index (χ4n) is 1.33. The first kappa shape index (κ1) is 15.4. The summed E-state index contributed by atoms with van der Waals surface area (Å²) in [5.41, 5.74) is 4.37. The second-order valence-corrected chi connectivity index (χ2v) is 5.87. The number of amides is 1. The van der Waals surface area contributed by atoms with Gasteiger partial charge in [-0.2, -0.15) is 0 Å². The molecule has 0 saturated carbocycles. The molecule has 2 N–H and O–H groups in total. The van der Waals surface area contributed by atoms with Gasteiger partial charge in [0.05, 0.1) is 0 Å². The minimum atomic E-state index is -2.98. The van der Waals surface area contributed by atoms with Crippen LogP contribution >= 0.6 is 0 Å². The van der Waals surface area contributed by atoms with Crippen molar-refractivity contribution >= 4 is 14.9 Å². The van der Waals surface area contributed by atoms with Crippen molar-refractivity contribution in [3.8, 4) is 0 Å². The lowest BCUT2D eigenvalue weighted by Gasteiger charge is -2.32. The van der Waals surface area contributed by atoms with Gasteiger partial charge in [0.2, 0.25) is 0 Å². The Bertz CT molecular complexity index is 197. The molecule has 16 heavy (non-hydrogen) atoms. The van der Waals surface area contributed by atoms with Gasteiger partial charge in [-0.05, 0) is 27.7 Å². The number of primary amides is 1. The van der Waals surface area contributed by atoms with E-state index in [1.54, 1.807) is 6.92 Å². The lowest BCUT2D eigenvalue weighted by atomic mass is 10.8. The molecule has 0 saturated heterocycles. The molecule has 0 aliphatic heterocycles. The van der Waals surface area contributed by atoms with Crippen LogP contribution in [0, 0.1) is 0 Å². The lowest BCUT2D eigenvalue weighted by Crippen LogP contribution is -2.57. The third kappa shape index (κ3) is 4.48. The smallest absolute Gasteiger partial charge is 0.442 e. The van der Waals surface area contributed by atoms with E-state index in [2.05, 4.69) is 0 Å². The molecule has 0 fully saturated rings. The van der Waals surface area contributed by atoms with Crippen molar-refractivity contribution in [1.82, 2.24) is 0 Å². The highest BCUT2D eigenvalue weighted by atomic mass is 28.4. The molecular weight excluding hydrogens is 230 g/mol. The van der Waals surface area contributed by atoms with Gasteiger partial charge in [-0.3, -0.25) is 0 Å². The lowest BCUT2D eigenvalue weighted by molar-refractivity contribution is 0.0203. The molecule has 1 unspecified atom stereocenters. The zero-order chi connectivity index (χ0) is 12.6. The van der Waals surface area contributed by atoms with Crippen LogP contribution in [-0.2, 0) is 18.0 Å². The fourth-order valence-corrected chi connectivity index (χ4v) is 3.75. The highest BCUT2D eigenvalue weighted by molar-refractivity contribution is 6.62. The van der Waals surface area contributed by atoms with E-state index < -0.39 is 20.6 Å². The summed E-state index contributed by atoms with van der Waals surface area (Å²) in [7, 11) is -2.98. The van der Waals surface area contributed by atoms with E-state index in [9.17, 15) is 4.79 Å². The van der Waals surface area contributed by atoms with E-state index in [-0.39, 0.29) is 0 Å². The van der Waals surface area contributed by atoms with Gasteiger partial charge in [0.1, 0.15) is 0 Å². The topological polar surface area (TPSA) is 80.0 Å². The first-order valence-electron chi connectivity index (χ1n) is 5.40. The van der Waals surface area contributed by atoms with Gasteiger partial charge in [0.25, 0.3) is 0 Å². The third-order valence-corrected chi connectivity index (χ3v) is 5.01. The van der Waals surface area contributed by atoms with Gasteiger partial charge >= 0.3 is 14.9 Å². The summed E-state index contributed by atoms with van der Waals surface area (Å²) in [4.78, 5) is 10.7. The minimum Gasteiger partial charge on any atom is -0.442 e. The fraction of sp³-hybridized carbons (Fsp3) is 0.889. The zero-order valence-corrected chi connectivity index (χ0v) is 11.3. The molecule has 0 bridgehead atoms. The quantitative estimate of drug-likeness (QED) is 0.652. The maximum atomic E-state index is 10.7. The van der Waals surface area contributed by atoms with E-state index in [0.29, 0.717) is 19.8 Å². The van der Waals surface area contributed by atoms with E-state index in [4.69, 9.17) is 23.7 Å². The molecule has 1 atom stereocenters. The summed E-state index contributed by atoms with van der Waals surface area (Å²) in [5.74, 6) is 0. The minimum absolute atomic E-state index is 0.429. The summed E-state index contributed by atoms with van der Waals surface area (Å²) in [6, 6.07) is 0. The average molecular weight is 251 g/mol. The molecule has 7 heteroatoms. The SMILES string of the molecule is CCO[Si](OCC)(OCC)C(C)OC(N)=O. The number of carbonyl (C=O) groups is 1. The van der Waals surface area contributed by atoms with Crippen LogP contribution in [0.2, 0.25) is 0 Å². The van der Waals surface area contributed by atoms with Crippen molar-refractivity contribution < 1.29 is 22.8 Å². The van der Waals surface area contributed by atoms with Crippen LogP contribution in [0.5, 0.6) is 0 Å².